The van der Waals surface area contributed by atoms with E-state index in [1.165, 1.54) is 5.56 Å². The van der Waals surface area contributed by atoms with Gasteiger partial charge in [-0.2, -0.15) is 5.10 Å². The van der Waals surface area contributed by atoms with E-state index in [1.807, 2.05) is 26.8 Å². The number of H-pyrrole nitrogens is 1. The molecule has 1 amide bonds. The summed E-state index contributed by atoms with van der Waals surface area (Å²) in [5.41, 5.74) is 8.13. The van der Waals surface area contributed by atoms with Gasteiger partial charge in [0.1, 0.15) is 5.92 Å². The Morgan fingerprint density at radius 3 is 2.68 bits per heavy atom. The molecule has 0 fully saturated rings. The number of hydrogen-bond donors (Lipinski definition) is 3. The van der Waals surface area contributed by atoms with E-state index < -0.39 is 5.92 Å². The van der Waals surface area contributed by atoms with Crippen LogP contribution < -0.4 is 10.7 Å². The van der Waals surface area contributed by atoms with Crippen LogP contribution in [0.25, 0.3) is 6.08 Å². The quantitative estimate of drug-likeness (QED) is 0.495. The van der Waals surface area contributed by atoms with Gasteiger partial charge in [0.15, 0.2) is 0 Å². The number of amides is 1. The summed E-state index contributed by atoms with van der Waals surface area (Å²) in [6.45, 7) is 9.69. The summed E-state index contributed by atoms with van der Waals surface area (Å²) in [5, 5.41) is 19.6. The fourth-order valence-corrected chi connectivity index (χ4v) is 3.59. The van der Waals surface area contributed by atoms with Gasteiger partial charge in [0.2, 0.25) is 0 Å². The third kappa shape index (κ3) is 3.93. The van der Waals surface area contributed by atoms with Gasteiger partial charge in [0.25, 0.3) is 5.91 Å². The summed E-state index contributed by atoms with van der Waals surface area (Å²) in [7, 11) is 0. The molecule has 150 valence electrons. The molecule has 0 saturated carbocycles. The molecule has 8 heteroatoms. The van der Waals surface area contributed by atoms with Crippen molar-refractivity contribution in [1.29, 1.82) is 0 Å². The Balaban J connectivity index is 1.86. The SMILES string of the molecule is CC[N+]([O-])(CC)CCc1c(C)[nH]c(C=C2NC=CN=C2C2C=NNC2=O)c1C. The van der Waals surface area contributed by atoms with Crippen LogP contribution in [0.3, 0.4) is 0 Å². The number of allylic oxidation sites excluding steroid dienone is 1. The highest BCUT2D eigenvalue weighted by Crippen LogP contribution is 2.23. The minimum absolute atomic E-state index is 0.181. The first kappa shape index (κ1) is 20.0. The number of nitrogens with zero attached hydrogens (tertiary/aromatic N) is 3. The van der Waals surface area contributed by atoms with Gasteiger partial charge in [-0.15, -0.1) is 0 Å². The molecule has 0 saturated heterocycles. The van der Waals surface area contributed by atoms with Crippen LogP contribution in [0.15, 0.2) is 28.2 Å². The molecule has 0 aromatic carbocycles. The number of aryl methyl sites for hydroxylation is 1. The van der Waals surface area contributed by atoms with Crippen LogP contribution in [0.1, 0.15) is 36.4 Å². The molecular formula is C20H28N6O2. The van der Waals surface area contributed by atoms with E-state index in [-0.39, 0.29) is 10.6 Å². The number of carbonyl (C=O) groups excluding carboxylic acids is 1. The second kappa shape index (κ2) is 8.12. The van der Waals surface area contributed by atoms with Crippen molar-refractivity contribution in [2.24, 2.45) is 16.0 Å². The molecule has 8 nitrogen and oxygen atoms in total. The molecule has 0 aliphatic carbocycles. The van der Waals surface area contributed by atoms with Crippen molar-refractivity contribution in [3.05, 3.63) is 45.8 Å². The summed E-state index contributed by atoms with van der Waals surface area (Å²) < 4.78 is -0.181. The molecule has 1 aromatic heterocycles. The van der Waals surface area contributed by atoms with Crippen molar-refractivity contribution in [3.63, 3.8) is 0 Å². The van der Waals surface area contributed by atoms with Gasteiger partial charge in [-0.25, -0.2) is 5.43 Å². The summed E-state index contributed by atoms with van der Waals surface area (Å²) in [5.74, 6) is -0.697. The summed E-state index contributed by atoms with van der Waals surface area (Å²) in [4.78, 5) is 19.8. The maximum atomic E-state index is 12.6. The number of hydroxylamine groups is 3. The first-order valence-electron chi connectivity index (χ1n) is 9.68. The van der Waals surface area contributed by atoms with E-state index >= 15 is 0 Å². The first-order valence-corrected chi connectivity index (χ1v) is 9.68. The van der Waals surface area contributed by atoms with E-state index in [1.54, 1.807) is 18.6 Å². The Morgan fingerprint density at radius 1 is 1.29 bits per heavy atom. The van der Waals surface area contributed by atoms with Gasteiger partial charge in [-0.1, -0.05) is 0 Å². The number of aromatic nitrogens is 1. The van der Waals surface area contributed by atoms with Gasteiger partial charge >= 0.3 is 0 Å². The number of hydrogen-bond acceptors (Lipinski definition) is 5. The molecule has 0 bridgehead atoms. The highest BCUT2D eigenvalue weighted by atomic mass is 16.5. The molecule has 3 heterocycles. The van der Waals surface area contributed by atoms with Crippen LogP contribution in [-0.2, 0) is 11.2 Å². The third-order valence-electron chi connectivity index (χ3n) is 5.62. The van der Waals surface area contributed by atoms with Gasteiger partial charge in [-0.3, -0.25) is 9.79 Å². The van der Waals surface area contributed by atoms with Crippen molar-refractivity contribution in [2.45, 2.75) is 34.1 Å². The zero-order valence-corrected chi connectivity index (χ0v) is 16.9. The average molecular weight is 384 g/mol. The number of nitrogens with one attached hydrogen (secondary N) is 3. The van der Waals surface area contributed by atoms with Crippen molar-refractivity contribution < 1.29 is 9.44 Å². The Labute approximate surface area is 165 Å². The van der Waals surface area contributed by atoms with Gasteiger partial charge in [0.05, 0.1) is 31.0 Å². The van der Waals surface area contributed by atoms with Crippen LogP contribution >= 0.6 is 0 Å². The topological polar surface area (TPSA) is 105 Å². The Kier molecular flexibility index (Phi) is 5.81. The lowest BCUT2D eigenvalue weighted by atomic mass is 9.99. The van der Waals surface area contributed by atoms with Crippen molar-refractivity contribution in [2.75, 3.05) is 19.6 Å². The van der Waals surface area contributed by atoms with Crippen LogP contribution in [-0.4, -0.2) is 47.1 Å². The number of hydrazone groups is 1. The van der Waals surface area contributed by atoms with E-state index in [0.717, 1.165) is 29.1 Å². The maximum absolute atomic E-state index is 12.6. The summed E-state index contributed by atoms with van der Waals surface area (Å²) >= 11 is 0. The molecule has 0 spiro atoms. The molecule has 1 atom stereocenters. The Morgan fingerprint density at radius 2 is 2.04 bits per heavy atom. The number of aromatic amines is 1. The summed E-state index contributed by atoms with van der Waals surface area (Å²) in [6.07, 6.45) is 7.62. The maximum Gasteiger partial charge on any atom is 0.254 e. The molecule has 1 aromatic rings. The minimum atomic E-state index is -0.507. The lowest BCUT2D eigenvalue weighted by Crippen LogP contribution is -2.43. The van der Waals surface area contributed by atoms with E-state index in [9.17, 15) is 10.0 Å². The molecule has 2 aliphatic heterocycles. The molecular weight excluding hydrogens is 356 g/mol. The van der Waals surface area contributed by atoms with Crippen LogP contribution in [0.4, 0.5) is 0 Å². The normalized spacial score (nSPS) is 20.5. The second-order valence-corrected chi connectivity index (χ2v) is 7.20. The fourth-order valence-electron chi connectivity index (χ4n) is 3.59. The fraction of sp³-hybridized carbons (Fsp3) is 0.450. The van der Waals surface area contributed by atoms with Gasteiger partial charge < -0.3 is 20.2 Å². The highest BCUT2D eigenvalue weighted by molar-refractivity contribution is 6.24. The van der Waals surface area contributed by atoms with E-state index in [4.69, 9.17) is 0 Å². The molecule has 28 heavy (non-hydrogen) atoms. The molecule has 3 N–H and O–H groups in total. The molecule has 0 radical (unpaired) electrons. The zero-order valence-electron chi connectivity index (χ0n) is 16.9. The minimum Gasteiger partial charge on any atom is -0.633 e. The van der Waals surface area contributed by atoms with Gasteiger partial charge in [-0.05, 0) is 44.9 Å². The molecule has 3 rings (SSSR count). The standard InChI is InChI=1S/C20H28N6O2/c1-5-26(28,6-2)10-7-15-13(3)17(24-14(15)4)11-18-19(22-9-8-21-18)16-12-23-25-20(16)27/h8-9,11-12,16,21,24H,5-7,10H2,1-4H3,(H,25,27). The summed E-state index contributed by atoms with van der Waals surface area (Å²) in [6, 6.07) is 0. The third-order valence-corrected chi connectivity index (χ3v) is 5.62. The number of quaternary nitrogens is 1. The predicted molar refractivity (Wildman–Crippen MR) is 111 cm³/mol. The van der Waals surface area contributed by atoms with E-state index in [0.29, 0.717) is 25.3 Å². The van der Waals surface area contributed by atoms with Crippen molar-refractivity contribution in [3.8, 4) is 0 Å². The lowest BCUT2D eigenvalue weighted by molar-refractivity contribution is -0.876. The smallest absolute Gasteiger partial charge is 0.254 e. The van der Waals surface area contributed by atoms with Crippen LogP contribution in [0.2, 0.25) is 0 Å². The Bertz CT molecular complexity index is 874. The average Bonchev–Trinajstić information content (AvgIpc) is 3.23. The highest BCUT2D eigenvalue weighted by Gasteiger charge is 2.29. The number of carbonyl (C=O) groups is 1. The monoisotopic (exact) mass is 384 g/mol. The van der Waals surface area contributed by atoms with Crippen LogP contribution in [0, 0.1) is 25.0 Å². The number of rotatable bonds is 7. The number of aliphatic imine (C=N–C) groups is 1. The van der Waals surface area contributed by atoms with Gasteiger partial charge in [0, 0.05) is 36.4 Å². The largest absolute Gasteiger partial charge is 0.633 e. The predicted octanol–water partition coefficient (Wildman–Crippen LogP) is 2.12. The van der Waals surface area contributed by atoms with Crippen LogP contribution in [0.5, 0.6) is 0 Å². The first-order chi connectivity index (χ1) is 13.4. The van der Waals surface area contributed by atoms with E-state index in [2.05, 4.69) is 32.7 Å². The second-order valence-electron chi connectivity index (χ2n) is 7.20. The Hall–Kier alpha value is -2.71. The van der Waals surface area contributed by atoms with Crippen molar-refractivity contribution in [1.82, 2.24) is 15.7 Å². The zero-order chi connectivity index (χ0) is 20.3. The molecule has 1 unspecified atom stereocenters. The lowest BCUT2D eigenvalue weighted by Gasteiger charge is -2.41. The number of likely N-dealkylation sites (N-methyl/N-ethyl adjacent to an activating group) is 1. The molecule has 2 aliphatic rings. The van der Waals surface area contributed by atoms with Crippen molar-refractivity contribution >= 4 is 23.9 Å².